The third kappa shape index (κ3) is 3.96. The van der Waals surface area contributed by atoms with Gasteiger partial charge in [0.1, 0.15) is 17.8 Å². The molecule has 1 aromatic carbocycles. The quantitative estimate of drug-likeness (QED) is 0.432. The lowest BCUT2D eigenvalue weighted by atomic mass is 10.0. The Kier molecular flexibility index (Phi) is 6.07. The Morgan fingerprint density at radius 3 is 2.52 bits per heavy atom. The second kappa shape index (κ2) is 7.88. The van der Waals surface area contributed by atoms with Gasteiger partial charge in [0.05, 0.1) is 17.7 Å². The van der Waals surface area contributed by atoms with E-state index in [1.54, 1.807) is 19.1 Å². The Morgan fingerprint density at radius 2 is 1.96 bits per heavy atom. The SMILES string of the molecule is CO/N=C(\OC)c1cc(-c2nn(C)c(OC(F)F)c2Cl)c(C)cc1Cl. The normalized spacial score (nSPS) is 11.8. The molecule has 2 aromatic rings. The van der Waals surface area contributed by atoms with Gasteiger partial charge in [0.25, 0.3) is 5.90 Å². The summed E-state index contributed by atoms with van der Waals surface area (Å²) in [7, 11) is 4.23. The second-order valence-corrected chi connectivity index (χ2v) is 5.69. The number of methoxy groups -OCH3 is 1. The summed E-state index contributed by atoms with van der Waals surface area (Å²) >= 11 is 12.4. The number of halogens is 4. The van der Waals surface area contributed by atoms with Gasteiger partial charge in [0.15, 0.2) is 0 Å². The molecule has 0 saturated heterocycles. The van der Waals surface area contributed by atoms with Crippen molar-refractivity contribution in [3.63, 3.8) is 0 Å². The van der Waals surface area contributed by atoms with Crippen LogP contribution in [0.3, 0.4) is 0 Å². The number of ether oxygens (including phenoxy) is 2. The van der Waals surface area contributed by atoms with Crippen LogP contribution in [0.1, 0.15) is 11.1 Å². The van der Waals surface area contributed by atoms with Gasteiger partial charge < -0.3 is 14.3 Å². The molecule has 0 saturated carbocycles. The van der Waals surface area contributed by atoms with Gasteiger partial charge in [-0.1, -0.05) is 23.2 Å². The molecular formula is C15H15Cl2F2N3O3. The van der Waals surface area contributed by atoms with E-state index in [0.717, 1.165) is 10.2 Å². The van der Waals surface area contributed by atoms with Crippen LogP contribution in [0.5, 0.6) is 5.88 Å². The molecule has 0 amide bonds. The van der Waals surface area contributed by atoms with E-state index in [2.05, 4.69) is 15.0 Å². The summed E-state index contributed by atoms with van der Waals surface area (Å²) in [5.41, 5.74) is 1.99. The molecule has 1 aromatic heterocycles. The van der Waals surface area contributed by atoms with E-state index >= 15 is 0 Å². The third-order valence-electron chi connectivity index (χ3n) is 3.31. The molecule has 0 atom stereocenters. The molecule has 0 fully saturated rings. The van der Waals surface area contributed by atoms with Crippen molar-refractivity contribution in [2.45, 2.75) is 13.5 Å². The topological polar surface area (TPSA) is 57.9 Å². The predicted molar refractivity (Wildman–Crippen MR) is 90.6 cm³/mol. The van der Waals surface area contributed by atoms with E-state index in [9.17, 15) is 8.78 Å². The highest BCUT2D eigenvalue weighted by molar-refractivity contribution is 6.35. The Bertz CT molecular complexity index is 810. The number of alkyl halides is 2. The van der Waals surface area contributed by atoms with Crippen LogP contribution in [0, 0.1) is 6.92 Å². The Hall–Kier alpha value is -2.06. The number of nitrogens with zero attached hydrogens (tertiary/aromatic N) is 3. The van der Waals surface area contributed by atoms with E-state index in [1.165, 1.54) is 21.3 Å². The molecular weight excluding hydrogens is 379 g/mol. The molecule has 0 aliphatic heterocycles. The zero-order valence-electron chi connectivity index (χ0n) is 13.8. The highest BCUT2D eigenvalue weighted by Crippen LogP contribution is 2.38. The molecule has 0 aliphatic rings. The predicted octanol–water partition coefficient (Wildman–Crippen LogP) is 4.26. The Balaban J connectivity index is 2.62. The third-order valence-corrected chi connectivity index (χ3v) is 3.96. The van der Waals surface area contributed by atoms with Crippen molar-refractivity contribution in [3.05, 3.63) is 33.3 Å². The van der Waals surface area contributed by atoms with Crippen LogP contribution in [0.15, 0.2) is 17.3 Å². The number of oxime groups is 1. The van der Waals surface area contributed by atoms with Gasteiger partial charge in [-0.15, -0.1) is 0 Å². The molecule has 10 heteroatoms. The van der Waals surface area contributed by atoms with Crippen molar-refractivity contribution in [2.24, 2.45) is 12.2 Å². The standard InChI is InChI=1S/C15H15Cl2F2N3O3/c1-7-5-10(16)9(13(23-3)21-24-4)6-8(7)12-11(17)14(22(2)20-12)25-15(18)19/h5-6,15H,1-4H3/b21-13-. The van der Waals surface area contributed by atoms with Gasteiger partial charge in [0.2, 0.25) is 5.88 Å². The summed E-state index contributed by atoms with van der Waals surface area (Å²) in [5.74, 6) is -0.0926. The molecule has 0 radical (unpaired) electrons. The lowest BCUT2D eigenvalue weighted by Crippen LogP contribution is -2.06. The van der Waals surface area contributed by atoms with Crippen molar-refractivity contribution in [3.8, 4) is 17.1 Å². The maximum absolute atomic E-state index is 12.5. The first kappa shape index (κ1) is 19.3. The van der Waals surface area contributed by atoms with Gasteiger partial charge in [-0.25, -0.2) is 4.68 Å². The van der Waals surface area contributed by atoms with Crippen LogP contribution < -0.4 is 4.74 Å². The summed E-state index contributed by atoms with van der Waals surface area (Å²) in [4.78, 5) is 4.73. The second-order valence-electron chi connectivity index (χ2n) is 4.90. The van der Waals surface area contributed by atoms with Gasteiger partial charge >= 0.3 is 6.61 Å². The molecule has 136 valence electrons. The summed E-state index contributed by atoms with van der Waals surface area (Å²) in [6.45, 7) is -1.24. The first-order valence-corrected chi connectivity index (χ1v) is 7.69. The minimum Gasteiger partial charge on any atom is -0.478 e. The summed E-state index contributed by atoms with van der Waals surface area (Å²) < 4.78 is 35.8. The molecule has 0 bridgehead atoms. The van der Waals surface area contributed by atoms with E-state index < -0.39 is 6.61 Å². The molecule has 2 rings (SSSR count). The van der Waals surface area contributed by atoms with Crippen molar-refractivity contribution >= 4 is 29.1 Å². The van der Waals surface area contributed by atoms with E-state index in [1.807, 2.05) is 0 Å². The summed E-state index contributed by atoms with van der Waals surface area (Å²) in [5, 5.41) is 8.25. The zero-order chi connectivity index (χ0) is 18.7. The molecule has 0 unspecified atom stereocenters. The minimum absolute atomic E-state index is 0.0400. The van der Waals surface area contributed by atoms with E-state index in [4.69, 9.17) is 32.8 Å². The lowest BCUT2D eigenvalue weighted by molar-refractivity contribution is -0.0552. The van der Waals surface area contributed by atoms with Crippen LogP contribution >= 0.6 is 23.2 Å². The van der Waals surface area contributed by atoms with Crippen molar-refractivity contribution < 1.29 is 23.1 Å². The van der Waals surface area contributed by atoms with E-state index in [-0.39, 0.29) is 22.5 Å². The monoisotopic (exact) mass is 393 g/mol. The lowest BCUT2D eigenvalue weighted by Gasteiger charge is -2.11. The van der Waals surface area contributed by atoms with Gasteiger partial charge in [-0.2, -0.15) is 13.9 Å². The maximum Gasteiger partial charge on any atom is 0.388 e. The zero-order valence-corrected chi connectivity index (χ0v) is 15.3. The van der Waals surface area contributed by atoms with E-state index in [0.29, 0.717) is 16.1 Å². The summed E-state index contributed by atoms with van der Waals surface area (Å²) in [6.07, 6.45) is 0. The average Bonchev–Trinajstić information content (AvgIpc) is 2.81. The first-order valence-electron chi connectivity index (χ1n) is 6.93. The van der Waals surface area contributed by atoms with Crippen LogP contribution in [0.25, 0.3) is 11.3 Å². The molecule has 1 heterocycles. The Labute approximate surface area is 152 Å². The fraction of sp³-hybridized carbons (Fsp3) is 0.333. The highest BCUT2D eigenvalue weighted by atomic mass is 35.5. The Morgan fingerprint density at radius 1 is 1.28 bits per heavy atom. The number of aromatic nitrogens is 2. The average molecular weight is 394 g/mol. The molecule has 25 heavy (non-hydrogen) atoms. The number of benzene rings is 1. The smallest absolute Gasteiger partial charge is 0.388 e. The van der Waals surface area contributed by atoms with Gasteiger partial charge in [0, 0.05) is 12.6 Å². The molecule has 0 spiro atoms. The van der Waals surface area contributed by atoms with Crippen LogP contribution in [0.2, 0.25) is 10.0 Å². The highest BCUT2D eigenvalue weighted by Gasteiger charge is 2.23. The fourth-order valence-electron chi connectivity index (χ4n) is 2.24. The van der Waals surface area contributed by atoms with Crippen molar-refractivity contribution in [1.29, 1.82) is 0 Å². The number of hydrogen-bond acceptors (Lipinski definition) is 5. The van der Waals surface area contributed by atoms with Crippen LogP contribution in [-0.2, 0) is 16.6 Å². The number of hydrogen-bond donors (Lipinski definition) is 0. The first-order chi connectivity index (χ1) is 11.8. The largest absolute Gasteiger partial charge is 0.478 e. The molecule has 0 N–H and O–H groups in total. The molecule has 6 nitrogen and oxygen atoms in total. The molecule has 0 aliphatic carbocycles. The number of rotatable bonds is 5. The van der Waals surface area contributed by atoms with Gasteiger partial charge in [-0.3, -0.25) is 0 Å². The van der Waals surface area contributed by atoms with Gasteiger partial charge in [-0.05, 0) is 29.8 Å². The van der Waals surface area contributed by atoms with Crippen molar-refractivity contribution in [2.75, 3.05) is 14.2 Å². The fourth-order valence-corrected chi connectivity index (χ4v) is 2.84. The summed E-state index contributed by atoms with van der Waals surface area (Å²) in [6, 6.07) is 3.30. The van der Waals surface area contributed by atoms with Crippen molar-refractivity contribution in [1.82, 2.24) is 9.78 Å². The van der Waals surface area contributed by atoms with Crippen LogP contribution in [-0.4, -0.2) is 36.5 Å². The van der Waals surface area contributed by atoms with Crippen LogP contribution in [0.4, 0.5) is 8.78 Å². The minimum atomic E-state index is -3.02. The number of aryl methyl sites for hydroxylation is 2. The maximum atomic E-state index is 12.5.